The molecule has 120 valence electrons. The molecule has 0 radical (unpaired) electrons. The van der Waals surface area contributed by atoms with E-state index >= 15 is 0 Å². The number of nitrogens with zero attached hydrogens (tertiary/aromatic N) is 1. The number of carbonyl (C=O) groups is 1. The number of hydrogen-bond acceptors (Lipinski definition) is 4. The fourth-order valence-electron chi connectivity index (χ4n) is 2.08. The van der Waals surface area contributed by atoms with E-state index in [1.54, 1.807) is 12.4 Å². The average molecular weight is 349 g/mol. The number of fused-ring (bicyclic) bond motifs is 1. The van der Waals surface area contributed by atoms with Crippen molar-refractivity contribution in [2.45, 2.75) is 6.42 Å². The molecule has 0 saturated carbocycles. The lowest BCUT2D eigenvalue weighted by Crippen LogP contribution is -2.24. The quantitative estimate of drug-likeness (QED) is 0.687. The van der Waals surface area contributed by atoms with Crippen molar-refractivity contribution >= 4 is 39.7 Å². The highest BCUT2D eigenvalue weighted by molar-refractivity contribution is 7.20. The van der Waals surface area contributed by atoms with Crippen molar-refractivity contribution in [3.63, 3.8) is 0 Å². The number of aromatic nitrogens is 1. The Balaban J connectivity index is 0.00000192. The normalized spacial score (nSPS) is 10.1. The first kappa shape index (κ1) is 17.2. The number of rotatable bonds is 6. The zero-order valence-electron chi connectivity index (χ0n) is 12.4. The molecule has 0 aliphatic heterocycles. The fourth-order valence-corrected chi connectivity index (χ4v) is 3.06. The van der Waals surface area contributed by atoms with E-state index in [4.69, 9.17) is 4.74 Å². The summed E-state index contributed by atoms with van der Waals surface area (Å²) in [5.74, 6) is 0.774. The van der Waals surface area contributed by atoms with Gasteiger partial charge in [-0.2, -0.15) is 0 Å². The lowest BCUT2D eigenvalue weighted by Gasteiger charge is -2.06. The van der Waals surface area contributed by atoms with Crippen molar-refractivity contribution in [2.75, 3.05) is 13.2 Å². The first-order valence-corrected chi connectivity index (χ1v) is 7.94. The van der Waals surface area contributed by atoms with Gasteiger partial charge in [-0.25, -0.2) is 0 Å². The fraction of sp³-hybridized carbons (Fsp3) is 0.176. The molecule has 0 saturated heterocycles. The van der Waals surface area contributed by atoms with Gasteiger partial charge < -0.3 is 10.1 Å². The first-order valence-electron chi connectivity index (χ1n) is 7.12. The highest BCUT2D eigenvalue weighted by atomic mass is 35.5. The van der Waals surface area contributed by atoms with Crippen LogP contribution in [0, 0.1) is 0 Å². The number of benzene rings is 1. The second-order valence-electron chi connectivity index (χ2n) is 4.79. The van der Waals surface area contributed by atoms with Crippen LogP contribution in [0.3, 0.4) is 0 Å². The average Bonchev–Trinajstić information content (AvgIpc) is 2.99. The Morgan fingerprint density at radius 1 is 1.17 bits per heavy atom. The lowest BCUT2D eigenvalue weighted by molar-refractivity contribution is 0.0955. The van der Waals surface area contributed by atoms with E-state index in [-0.39, 0.29) is 18.3 Å². The molecule has 1 aromatic carbocycles. The summed E-state index contributed by atoms with van der Waals surface area (Å²) in [5, 5.41) is 4.04. The largest absolute Gasteiger partial charge is 0.493 e. The molecule has 2 heterocycles. The van der Waals surface area contributed by atoms with Gasteiger partial charge in [0.05, 0.1) is 11.5 Å². The number of hydrogen-bond donors (Lipinski definition) is 1. The van der Waals surface area contributed by atoms with Crippen LogP contribution in [0.1, 0.15) is 16.1 Å². The third-order valence-electron chi connectivity index (χ3n) is 3.17. The van der Waals surface area contributed by atoms with Gasteiger partial charge in [0.1, 0.15) is 5.75 Å². The Morgan fingerprint density at radius 3 is 2.74 bits per heavy atom. The topological polar surface area (TPSA) is 51.2 Å². The molecule has 0 unspecified atom stereocenters. The summed E-state index contributed by atoms with van der Waals surface area (Å²) in [6.45, 7) is 1.16. The minimum absolute atomic E-state index is 0. The summed E-state index contributed by atoms with van der Waals surface area (Å²) >= 11 is 1.52. The molecule has 3 aromatic rings. The maximum Gasteiger partial charge on any atom is 0.261 e. The number of amides is 1. The standard InChI is InChI=1S/C17H16N2O2S.ClH/c20-17(16-12-13-4-1-2-5-15(13)22-16)19-8-3-11-21-14-6-9-18-10-7-14;/h1-2,4-7,9-10,12H,3,8,11H2,(H,19,20);1H. The van der Waals surface area contributed by atoms with E-state index in [1.807, 2.05) is 42.5 Å². The molecule has 0 atom stereocenters. The third-order valence-corrected chi connectivity index (χ3v) is 4.29. The molecular weight excluding hydrogens is 332 g/mol. The van der Waals surface area contributed by atoms with E-state index in [2.05, 4.69) is 10.3 Å². The van der Waals surface area contributed by atoms with E-state index < -0.39 is 0 Å². The highest BCUT2D eigenvalue weighted by Gasteiger charge is 2.09. The van der Waals surface area contributed by atoms with Crippen LogP contribution in [0.4, 0.5) is 0 Å². The molecule has 3 rings (SSSR count). The molecule has 6 heteroatoms. The van der Waals surface area contributed by atoms with Crippen LogP contribution in [-0.2, 0) is 0 Å². The Labute approximate surface area is 144 Å². The van der Waals surface area contributed by atoms with Gasteiger partial charge in [0.2, 0.25) is 0 Å². The predicted octanol–water partition coefficient (Wildman–Crippen LogP) is 3.92. The molecule has 2 aromatic heterocycles. The molecule has 0 aliphatic rings. The molecule has 4 nitrogen and oxygen atoms in total. The minimum Gasteiger partial charge on any atom is -0.493 e. The Morgan fingerprint density at radius 2 is 1.96 bits per heavy atom. The highest BCUT2D eigenvalue weighted by Crippen LogP contribution is 2.24. The van der Waals surface area contributed by atoms with E-state index in [0.717, 1.165) is 27.1 Å². The van der Waals surface area contributed by atoms with Gasteiger partial charge in [-0.15, -0.1) is 23.7 Å². The smallest absolute Gasteiger partial charge is 0.261 e. The monoisotopic (exact) mass is 348 g/mol. The van der Waals surface area contributed by atoms with Crippen molar-refractivity contribution in [1.29, 1.82) is 0 Å². The Bertz CT molecular complexity index is 728. The number of thiophene rings is 1. The number of halogens is 1. The van der Waals surface area contributed by atoms with Crippen molar-refractivity contribution in [2.24, 2.45) is 0 Å². The van der Waals surface area contributed by atoms with Crippen LogP contribution in [0.5, 0.6) is 5.75 Å². The number of ether oxygens (including phenoxy) is 1. The van der Waals surface area contributed by atoms with Gasteiger partial charge in [-0.05, 0) is 36.1 Å². The van der Waals surface area contributed by atoms with Crippen LogP contribution >= 0.6 is 23.7 Å². The maximum absolute atomic E-state index is 12.1. The minimum atomic E-state index is -0.0230. The molecular formula is C17H17ClN2O2S. The Kier molecular flexibility index (Phi) is 6.38. The van der Waals surface area contributed by atoms with Gasteiger partial charge in [0.15, 0.2) is 0 Å². The first-order chi connectivity index (χ1) is 10.8. The molecule has 0 fully saturated rings. The van der Waals surface area contributed by atoms with Gasteiger partial charge in [-0.1, -0.05) is 18.2 Å². The second-order valence-corrected chi connectivity index (χ2v) is 5.87. The molecule has 0 bridgehead atoms. The summed E-state index contributed by atoms with van der Waals surface area (Å²) < 4.78 is 6.69. The van der Waals surface area contributed by atoms with Crippen molar-refractivity contribution in [3.05, 3.63) is 59.7 Å². The van der Waals surface area contributed by atoms with Crippen LogP contribution in [0.25, 0.3) is 10.1 Å². The molecule has 0 aliphatic carbocycles. The summed E-state index contributed by atoms with van der Waals surface area (Å²) in [6, 6.07) is 13.6. The van der Waals surface area contributed by atoms with Crippen LogP contribution in [0.15, 0.2) is 54.9 Å². The summed E-state index contributed by atoms with van der Waals surface area (Å²) in [4.78, 5) is 16.8. The zero-order chi connectivity index (χ0) is 15.2. The number of carbonyl (C=O) groups excluding carboxylic acids is 1. The van der Waals surface area contributed by atoms with Gasteiger partial charge in [-0.3, -0.25) is 9.78 Å². The molecule has 0 spiro atoms. The second kappa shape index (κ2) is 8.50. The molecule has 23 heavy (non-hydrogen) atoms. The van der Waals surface area contributed by atoms with Crippen LogP contribution in [-0.4, -0.2) is 24.0 Å². The summed E-state index contributed by atoms with van der Waals surface area (Å²) in [5.41, 5.74) is 0. The Hall–Kier alpha value is -2.11. The summed E-state index contributed by atoms with van der Waals surface area (Å²) in [6.07, 6.45) is 4.15. The van der Waals surface area contributed by atoms with E-state index in [9.17, 15) is 4.79 Å². The number of pyridine rings is 1. The van der Waals surface area contributed by atoms with E-state index in [0.29, 0.717) is 13.2 Å². The third kappa shape index (κ3) is 4.68. The van der Waals surface area contributed by atoms with Crippen LogP contribution in [0.2, 0.25) is 0 Å². The van der Waals surface area contributed by atoms with Gasteiger partial charge in [0, 0.05) is 23.6 Å². The van der Waals surface area contributed by atoms with Crippen molar-refractivity contribution in [3.8, 4) is 5.75 Å². The number of nitrogens with one attached hydrogen (secondary N) is 1. The SMILES string of the molecule is Cl.O=C(NCCCOc1ccncc1)c1cc2ccccc2s1. The predicted molar refractivity (Wildman–Crippen MR) is 95.8 cm³/mol. The molecule has 1 amide bonds. The van der Waals surface area contributed by atoms with Crippen molar-refractivity contribution < 1.29 is 9.53 Å². The van der Waals surface area contributed by atoms with Gasteiger partial charge in [0.25, 0.3) is 5.91 Å². The van der Waals surface area contributed by atoms with Crippen molar-refractivity contribution in [1.82, 2.24) is 10.3 Å². The van der Waals surface area contributed by atoms with Crippen LogP contribution < -0.4 is 10.1 Å². The maximum atomic E-state index is 12.1. The zero-order valence-corrected chi connectivity index (χ0v) is 14.0. The lowest BCUT2D eigenvalue weighted by atomic mass is 10.2. The summed E-state index contributed by atoms with van der Waals surface area (Å²) in [7, 11) is 0. The van der Waals surface area contributed by atoms with Gasteiger partial charge >= 0.3 is 0 Å². The molecule has 1 N–H and O–H groups in total. The van der Waals surface area contributed by atoms with E-state index in [1.165, 1.54) is 11.3 Å².